The highest BCUT2D eigenvalue weighted by atomic mass is 16.1. The van der Waals surface area contributed by atoms with Gasteiger partial charge >= 0.3 is 0 Å². The Hall–Kier alpha value is -1.97. The summed E-state index contributed by atoms with van der Waals surface area (Å²) in [6.45, 7) is 7.10. The molecule has 1 aromatic heterocycles. The highest BCUT2D eigenvalue weighted by molar-refractivity contribution is 5.94. The van der Waals surface area contributed by atoms with Gasteiger partial charge in [0.25, 0.3) is 0 Å². The Morgan fingerprint density at radius 2 is 1.81 bits per heavy atom. The van der Waals surface area contributed by atoms with Crippen molar-refractivity contribution in [3.8, 4) is 0 Å². The molecule has 142 valence electrons. The molecule has 3 aliphatic rings. The fraction of sp³-hybridized carbons (Fsp3) is 0.609. The molecule has 1 N–H and O–H groups in total. The average molecular weight is 364 g/mol. The van der Waals surface area contributed by atoms with Gasteiger partial charge in [-0.3, -0.25) is 4.79 Å². The Labute approximate surface area is 161 Å². The summed E-state index contributed by atoms with van der Waals surface area (Å²) >= 11 is 0. The van der Waals surface area contributed by atoms with E-state index in [1.54, 1.807) is 0 Å². The van der Waals surface area contributed by atoms with E-state index in [-0.39, 0.29) is 22.7 Å². The number of carbonyl (C=O) groups excluding carboxylic acids is 1. The van der Waals surface area contributed by atoms with Crippen LogP contribution in [0.2, 0.25) is 0 Å². The van der Waals surface area contributed by atoms with Crippen LogP contribution in [0.15, 0.2) is 18.2 Å². The molecule has 2 aromatic rings. The first-order chi connectivity index (χ1) is 12.9. The molecule has 2 fully saturated rings. The maximum atomic E-state index is 12.6. The van der Waals surface area contributed by atoms with Crippen molar-refractivity contribution < 1.29 is 4.79 Å². The number of rotatable bonds is 2. The summed E-state index contributed by atoms with van der Waals surface area (Å²) in [7, 11) is 0. The molecule has 2 unspecified atom stereocenters. The zero-order chi connectivity index (χ0) is 18.8. The van der Waals surface area contributed by atoms with E-state index in [1.807, 2.05) is 18.2 Å². The summed E-state index contributed by atoms with van der Waals surface area (Å²) in [5.74, 6) is 0.822. The predicted molar refractivity (Wildman–Crippen MR) is 108 cm³/mol. The Kier molecular flexibility index (Phi) is 3.66. The maximum absolute atomic E-state index is 12.6. The minimum atomic E-state index is 0.127. The summed E-state index contributed by atoms with van der Waals surface area (Å²) in [4.78, 5) is 22.7. The van der Waals surface area contributed by atoms with Crippen LogP contribution in [0, 0.1) is 11.3 Å². The van der Waals surface area contributed by atoms with E-state index in [0.29, 0.717) is 5.92 Å². The molecule has 2 saturated carbocycles. The molecule has 0 radical (unpaired) electrons. The molecule has 0 aliphatic heterocycles. The van der Waals surface area contributed by atoms with Gasteiger partial charge in [-0.2, -0.15) is 0 Å². The standard InChI is InChI=1S/C23H29N3O/c1-22(2)16-11-12-23(22,3)20-19(16)25-18-13-15(9-10-17(18)26-20)24-21(27)14-7-5-4-6-8-14/h9-10,13-14,16H,4-8,11-12H2,1-3H3,(H,24,27). The van der Waals surface area contributed by atoms with E-state index in [2.05, 4.69) is 26.1 Å². The molecule has 1 amide bonds. The van der Waals surface area contributed by atoms with Crippen LogP contribution < -0.4 is 5.32 Å². The molecule has 0 spiro atoms. The molecule has 27 heavy (non-hydrogen) atoms. The van der Waals surface area contributed by atoms with Gasteiger partial charge in [-0.25, -0.2) is 9.97 Å². The number of amides is 1. The van der Waals surface area contributed by atoms with Gasteiger partial charge in [-0.15, -0.1) is 0 Å². The summed E-state index contributed by atoms with van der Waals surface area (Å²) in [6, 6.07) is 6.00. The molecule has 4 heteroatoms. The number of anilines is 1. The number of hydrogen-bond acceptors (Lipinski definition) is 3. The first-order valence-electron chi connectivity index (χ1n) is 10.5. The monoisotopic (exact) mass is 363 g/mol. The number of carbonyl (C=O) groups is 1. The van der Waals surface area contributed by atoms with Gasteiger partial charge < -0.3 is 5.32 Å². The van der Waals surface area contributed by atoms with Gasteiger partial charge in [0.15, 0.2) is 0 Å². The third kappa shape index (κ3) is 2.38. The molecule has 2 atom stereocenters. The van der Waals surface area contributed by atoms with Crippen LogP contribution in [-0.4, -0.2) is 15.9 Å². The van der Waals surface area contributed by atoms with Gasteiger partial charge in [-0.1, -0.05) is 40.0 Å². The van der Waals surface area contributed by atoms with Crippen LogP contribution in [0.5, 0.6) is 0 Å². The first kappa shape index (κ1) is 17.2. The van der Waals surface area contributed by atoms with E-state index in [1.165, 1.54) is 43.5 Å². The predicted octanol–water partition coefficient (Wildman–Crippen LogP) is 5.32. The van der Waals surface area contributed by atoms with Gasteiger partial charge in [-0.05, 0) is 49.3 Å². The maximum Gasteiger partial charge on any atom is 0.227 e. The fourth-order valence-electron chi connectivity index (χ4n) is 5.81. The molecule has 5 rings (SSSR count). The van der Waals surface area contributed by atoms with Crippen molar-refractivity contribution in [1.82, 2.24) is 9.97 Å². The average Bonchev–Trinajstić information content (AvgIpc) is 2.99. The molecule has 4 nitrogen and oxygen atoms in total. The fourth-order valence-corrected chi connectivity index (χ4v) is 5.81. The van der Waals surface area contributed by atoms with E-state index in [0.717, 1.165) is 29.6 Å². The third-order valence-electron chi connectivity index (χ3n) is 8.01. The normalized spacial score (nSPS) is 29.1. The number of fused-ring (bicyclic) bond motifs is 6. The van der Waals surface area contributed by atoms with Gasteiger partial charge in [0, 0.05) is 22.9 Å². The SMILES string of the molecule is CC12CCC(c3nc4cc(NC(=O)C5CCCCC5)ccc4nc31)C2(C)C. The van der Waals surface area contributed by atoms with Crippen molar-refractivity contribution in [1.29, 1.82) is 0 Å². The summed E-state index contributed by atoms with van der Waals surface area (Å²) in [6.07, 6.45) is 8.04. The van der Waals surface area contributed by atoms with Crippen molar-refractivity contribution in [3.63, 3.8) is 0 Å². The van der Waals surface area contributed by atoms with Crippen LogP contribution in [0.1, 0.15) is 83.0 Å². The number of nitrogens with zero attached hydrogens (tertiary/aromatic N) is 2. The number of aromatic nitrogens is 2. The summed E-state index contributed by atoms with van der Waals surface area (Å²) in [5, 5.41) is 3.12. The zero-order valence-electron chi connectivity index (χ0n) is 16.6. The van der Waals surface area contributed by atoms with Crippen molar-refractivity contribution in [3.05, 3.63) is 29.6 Å². The molecule has 1 heterocycles. The Morgan fingerprint density at radius 1 is 1.04 bits per heavy atom. The number of benzene rings is 1. The highest BCUT2D eigenvalue weighted by Gasteiger charge is 2.61. The lowest BCUT2D eigenvalue weighted by Gasteiger charge is -2.34. The third-order valence-corrected chi connectivity index (χ3v) is 8.01. The Morgan fingerprint density at radius 3 is 2.59 bits per heavy atom. The second-order valence-corrected chi connectivity index (χ2v) is 9.63. The molecule has 1 aromatic carbocycles. The molecular formula is C23H29N3O. The van der Waals surface area contributed by atoms with Crippen LogP contribution >= 0.6 is 0 Å². The highest BCUT2D eigenvalue weighted by Crippen LogP contribution is 2.66. The van der Waals surface area contributed by atoms with Crippen LogP contribution in [0.3, 0.4) is 0 Å². The topological polar surface area (TPSA) is 54.9 Å². The second-order valence-electron chi connectivity index (χ2n) is 9.63. The summed E-state index contributed by atoms with van der Waals surface area (Å²) in [5.41, 5.74) is 5.43. The van der Waals surface area contributed by atoms with Crippen LogP contribution in [0.25, 0.3) is 11.0 Å². The first-order valence-corrected chi connectivity index (χ1v) is 10.5. The zero-order valence-corrected chi connectivity index (χ0v) is 16.6. The van der Waals surface area contributed by atoms with Crippen molar-refractivity contribution >= 4 is 22.6 Å². The van der Waals surface area contributed by atoms with Crippen molar-refractivity contribution in [2.45, 2.75) is 77.0 Å². The molecule has 2 bridgehead atoms. The van der Waals surface area contributed by atoms with Crippen LogP contribution in [-0.2, 0) is 10.2 Å². The van der Waals surface area contributed by atoms with Crippen LogP contribution in [0.4, 0.5) is 5.69 Å². The minimum Gasteiger partial charge on any atom is -0.326 e. The summed E-state index contributed by atoms with van der Waals surface area (Å²) < 4.78 is 0. The van der Waals surface area contributed by atoms with Crippen molar-refractivity contribution in [2.24, 2.45) is 11.3 Å². The molecule has 0 saturated heterocycles. The quantitative estimate of drug-likeness (QED) is 0.785. The largest absolute Gasteiger partial charge is 0.326 e. The van der Waals surface area contributed by atoms with Crippen molar-refractivity contribution in [2.75, 3.05) is 5.32 Å². The number of hydrogen-bond donors (Lipinski definition) is 1. The molecule has 3 aliphatic carbocycles. The Balaban J connectivity index is 1.48. The number of nitrogens with one attached hydrogen (secondary N) is 1. The van der Waals surface area contributed by atoms with E-state index >= 15 is 0 Å². The van der Waals surface area contributed by atoms with E-state index < -0.39 is 0 Å². The Bertz CT molecular complexity index is 929. The van der Waals surface area contributed by atoms with E-state index in [4.69, 9.17) is 9.97 Å². The smallest absolute Gasteiger partial charge is 0.227 e. The van der Waals surface area contributed by atoms with Gasteiger partial charge in [0.1, 0.15) is 0 Å². The second kappa shape index (κ2) is 5.76. The van der Waals surface area contributed by atoms with E-state index in [9.17, 15) is 4.79 Å². The van der Waals surface area contributed by atoms with Gasteiger partial charge in [0.2, 0.25) is 5.91 Å². The minimum absolute atomic E-state index is 0.127. The lowest BCUT2D eigenvalue weighted by Crippen LogP contribution is -2.31. The lowest BCUT2D eigenvalue weighted by molar-refractivity contribution is -0.120. The lowest BCUT2D eigenvalue weighted by atomic mass is 9.70. The molecular weight excluding hydrogens is 334 g/mol. The van der Waals surface area contributed by atoms with Gasteiger partial charge in [0.05, 0.1) is 22.4 Å².